The van der Waals surface area contributed by atoms with Gasteiger partial charge in [0.25, 0.3) is 10.1 Å². The Morgan fingerprint density at radius 2 is 1.72 bits per heavy atom. The molecule has 0 unspecified atom stereocenters. The third-order valence-electron chi connectivity index (χ3n) is 4.62. The average Bonchev–Trinajstić information content (AvgIpc) is 2.95. The lowest BCUT2D eigenvalue weighted by molar-refractivity contribution is 0.0816. The molecule has 166 valence electrons. The van der Waals surface area contributed by atoms with Gasteiger partial charge in [0.05, 0.1) is 17.6 Å². The van der Waals surface area contributed by atoms with Crippen molar-refractivity contribution in [3.8, 4) is 0 Å². The average molecular weight is 428 g/mol. The lowest BCUT2D eigenvalue weighted by Gasteiger charge is -2.23. The predicted molar refractivity (Wildman–Crippen MR) is 117 cm³/mol. The minimum Gasteiger partial charge on any atom is -0.391 e. The minimum absolute atomic E-state index is 0.0547. The molecular weight excluding hydrogens is 390 g/mol. The SMILES string of the molecule is CC.CC.Cc1ccc(S(=O)(=O)OC[C@H](O)C[C@@H]2CCCCC[C@H]2N=[N+]=[N-])cc1. The van der Waals surface area contributed by atoms with Gasteiger partial charge in [-0.15, -0.1) is 0 Å². The Balaban J connectivity index is 0.00000184. The summed E-state index contributed by atoms with van der Waals surface area (Å²) in [6, 6.07) is 6.22. The van der Waals surface area contributed by atoms with Crippen LogP contribution in [0.5, 0.6) is 0 Å². The van der Waals surface area contributed by atoms with E-state index in [0.717, 1.165) is 37.7 Å². The highest BCUT2D eigenvalue weighted by Gasteiger charge is 2.26. The van der Waals surface area contributed by atoms with E-state index in [1.165, 1.54) is 12.1 Å². The molecule has 2 rings (SSSR count). The van der Waals surface area contributed by atoms with E-state index in [4.69, 9.17) is 9.71 Å². The summed E-state index contributed by atoms with van der Waals surface area (Å²) in [5.74, 6) is 0.0547. The van der Waals surface area contributed by atoms with Crippen LogP contribution >= 0.6 is 0 Å². The molecule has 0 heterocycles. The van der Waals surface area contributed by atoms with E-state index in [-0.39, 0.29) is 23.5 Å². The van der Waals surface area contributed by atoms with Crippen LogP contribution in [0.15, 0.2) is 34.3 Å². The van der Waals surface area contributed by atoms with Crippen LogP contribution in [0.1, 0.15) is 71.8 Å². The molecule has 0 saturated heterocycles. The fourth-order valence-corrected chi connectivity index (χ4v) is 4.16. The fourth-order valence-electron chi connectivity index (χ4n) is 3.22. The molecular formula is C21H37N3O4S. The summed E-state index contributed by atoms with van der Waals surface area (Å²) in [6.45, 7) is 9.57. The van der Waals surface area contributed by atoms with Crippen LogP contribution in [-0.4, -0.2) is 32.3 Å². The number of aliphatic hydroxyl groups excluding tert-OH is 1. The van der Waals surface area contributed by atoms with Crippen molar-refractivity contribution in [2.24, 2.45) is 11.0 Å². The van der Waals surface area contributed by atoms with E-state index >= 15 is 0 Å². The zero-order valence-electron chi connectivity index (χ0n) is 18.4. The van der Waals surface area contributed by atoms with E-state index in [1.807, 2.05) is 34.6 Å². The molecule has 0 spiro atoms. The van der Waals surface area contributed by atoms with Crippen molar-refractivity contribution in [2.75, 3.05) is 6.61 Å². The van der Waals surface area contributed by atoms with Crippen LogP contribution in [0.3, 0.4) is 0 Å². The van der Waals surface area contributed by atoms with Gasteiger partial charge in [0.1, 0.15) is 0 Å². The summed E-state index contributed by atoms with van der Waals surface area (Å²) in [5, 5.41) is 14.1. The third kappa shape index (κ3) is 10.1. The maximum Gasteiger partial charge on any atom is 0.297 e. The van der Waals surface area contributed by atoms with Crippen LogP contribution < -0.4 is 0 Å². The van der Waals surface area contributed by atoms with Crippen molar-refractivity contribution in [2.45, 2.75) is 90.2 Å². The van der Waals surface area contributed by atoms with E-state index in [9.17, 15) is 13.5 Å². The fraction of sp³-hybridized carbons (Fsp3) is 0.714. The Morgan fingerprint density at radius 1 is 1.14 bits per heavy atom. The van der Waals surface area contributed by atoms with Crippen molar-refractivity contribution in [1.82, 2.24) is 0 Å². The van der Waals surface area contributed by atoms with Crippen LogP contribution in [0.4, 0.5) is 0 Å². The Hall–Kier alpha value is -1.60. The smallest absolute Gasteiger partial charge is 0.297 e. The molecule has 29 heavy (non-hydrogen) atoms. The van der Waals surface area contributed by atoms with E-state index in [0.29, 0.717) is 6.42 Å². The van der Waals surface area contributed by atoms with Crippen molar-refractivity contribution in [1.29, 1.82) is 0 Å². The largest absolute Gasteiger partial charge is 0.391 e. The van der Waals surface area contributed by atoms with Crippen molar-refractivity contribution in [3.05, 3.63) is 40.3 Å². The van der Waals surface area contributed by atoms with E-state index in [2.05, 4.69) is 10.0 Å². The molecule has 0 aliphatic heterocycles. The van der Waals surface area contributed by atoms with Gasteiger partial charge in [-0.25, -0.2) is 0 Å². The number of nitrogens with zero attached hydrogens (tertiary/aromatic N) is 3. The van der Waals surface area contributed by atoms with Crippen molar-refractivity contribution in [3.63, 3.8) is 0 Å². The number of rotatable bonds is 7. The molecule has 0 amide bonds. The van der Waals surface area contributed by atoms with Crippen LogP contribution in [0, 0.1) is 12.8 Å². The van der Waals surface area contributed by atoms with E-state index in [1.54, 1.807) is 12.1 Å². The lowest BCUT2D eigenvalue weighted by Crippen LogP contribution is -2.26. The first-order valence-electron chi connectivity index (χ1n) is 10.6. The van der Waals surface area contributed by atoms with Gasteiger partial charge < -0.3 is 5.11 Å². The van der Waals surface area contributed by atoms with E-state index < -0.39 is 16.2 Å². The maximum atomic E-state index is 12.2. The van der Waals surface area contributed by atoms with Crippen LogP contribution in [0.25, 0.3) is 10.4 Å². The molecule has 3 atom stereocenters. The van der Waals surface area contributed by atoms with Gasteiger partial charge >= 0.3 is 0 Å². The molecule has 0 radical (unpaired) electrons. The van der Waals surface area contributed by atoms with Gasteiger partial charge in [-0.3, -0.25) is 4.18 Å². The highest BCUT2D eigenvalue weighted by atomic mass is 32.2. The molecule has 1 aliphatic rings. The molecule has 1 aromatic rings. The Labute approximate surface area is 176 Å². The molecule has 1 aliphatic carbocycles. The number of hydrogen-bond donors (Lipinski definition) is 1. The summed E-state index contributed by atoms with van der Waals surface area (Å²) in [7, 11) is -3.89. The molecule has 0 bridgehead atoms. The quantitative estimate of drug-likeness (QED) is 0.196. The van der Waals surface area contributed by atoms with Gasteiger partial charge in [-0.05, 0) is 49.8 Å². The molecule has 1 fully saturated rings. The van der Waals surface area contributed by atoms with Gasteiger partial charge in [0.15, 0.2) is 0 Å². The van der Waals surface area contributed by atoms with Crippen LogP contribution in [0.2, 0.25) is 0 Å². The summed E-state index contributed by atoms with van der Waals surface area (Å²) < 4.78 is 29.3. The number of azide groups is 1. The Bertz CT molecular complexity index is 701. The number of hydrogen-bond acceptors (Lipinski definition) is 5. The second-order valence-electron chi connectivity index (χ2n) is 6.61. The van der Waals surface area contributed by atoms with Gasteiger partial charge in [-0.1, -0.05) is 69.8 Å². The number of aryl methyl sites for hydroxylation is 1. The molecule has 8 heteroatoms. The highest BCUT2D eigenvalue weighted by molar-refractivity contribution is 7.86. The van der Waals surface area contributed by atoms with Crippen molar-refractivity contribution >= 4 is 10.1 Å². The summed E-state index contributed by atoms with van der Waals surface area (Å²) in [4.78, 5) is 2.98. The normalized spacial score (nSPS) is 19.9. The van der Waals surface area contributed by atoms with Gasteiger partial charge in [0, 0.05) is 11.0 Å². The zero-order chi connectivity index (χ0) is 22.3. The predicted octanol–water partition coefficient (Wildman–Crippen LogP) is 5.76. The molecule has 1 N–H and O–H groups in total. The Morgan fingerprint density at radius 3 is 2.31 bits per heavy atom. The minimum atomic E-state index is -3.89. The maximum absolute atomic E-state index is 12.2. The highest BCUT2D eigenvalue weighted by Crippen LogP contribution is 2.29. The first-order valence-corrected chi connectivity index (χ1v) is 12.0. The lowest BCUT2D eigenvalue weighted by atomic mass is 9.90. The molecule has 1 aromatic carbocycles. The van der Waals surface area contributed by atoms with Crippen LogP contribution in [-0.2, 0) is 14.3 Å². The van der Waals surface area contributed by atoms with Gasteiger partial charge in [0.2, 0.25) is 0 Å². The zero-order valence-corrected chi connectivity index (χ0v) is 19.2. The summed E-state index contributed by atoms with van der Waals surface area (Å²) >= 11 is 0. The molecule has 1 saturated carbocycles. The summed E-state index contributed by atoms with van der Waals surface area (Å²) in [5.41, 5.74) is 9.66. The molecule has 0 aromatic heterocycles. The first-order chi connectivity index (χ1) is 13.9. The topological polar surface area (TPSA) is 112 Å². The second kappa shape index (κ2) is 15.3. The monoisotopic (exact) mass is 427 g/mol. The second-order valence-corrected chi connectivity index (χ2v) is 8.23. The van der Waals surface area contributed by atoms with Gasteiger partial charge in [-0.2, -0.15) is 8.42 Å². The number of benzene rings is 1. The first kappa shape index (κ1) is 27.4. The summed E-state index contributed by atoms with van der Waals surface area (Å²) in [6.07, 6.45) is 4.25. The number of aliphatic hydroxyl groups is 1. The molecule has 7 nitrogen and oxygen atoms in total. The third-order valence-corrected chi connectivity index (χ3v) is 5.91. The van der Waals surface area contributed by atoms with Crippen molar-refractivity contribution < 1.29 is 17.7 Å². The standard InChI is InChI=1S/C17H25N3O4S.2C2H6/c1-13-7-9-16(10-8-13)25(22,23)24-12-15(21)11-14-5-3-2-4-6-17(14)19-20-18;2*1-2/h7-10,14-15,17,21H,2-6,11-12H2,1H3;2*1-2H3/t14-,15+,17+;;/m0../s1. The Kier molecular flexibility index (Phi) is 14.4.